The maximum absolute atomic E-state index is 12.8. The van der Waals surface area contributed by atoms with Crippen molar-refractivity contribution in [2.24, 2.45) is 0 Å². The number of para-hydroxylation sites is 1. The Morgan fingerprint density at radius 3 is 2.34 bits per heavy atom. The van der Waals surface area contributed by atoms with Crippen molar-refractivity contribution in [2.45, 2.75) is 89.6 Å². The van der Waals surface area contributed by atoms with E-state index in [2.05, 4.69) is 10.6 Å². The van der Waals surface area contributed by atoms with Crippen molar-refractivity contribution in [3.8, 4) is 11.5 Å². The van der Waals surface area contributed by atoms with Gasteiger partial charge in [-0.15, -0.1) is 0 Å². The fraction of sp³-hybridized carbons (Fsp3) is 0.533. The van der Waals surface area contributed by atoms with Crippen molar-refractivity contribution in [2.75, 3.05) is 13.7 Å². The molecule has 1 aliphatic carbocycles. The van der Waals surface area contributed by atoms with Gasteiger partial charge in [-0.25, -0.2) is 4.79 Å². The van der Waals surface area contributed by atoms with Crippen LogP contribution < -0.4 is 15.4 Å². The molecule has 1 aliphatic rings. The van der Waals surface area contributed by atoms with Crippen LogP contribution in [-0.2, 0) is 15.9 Å². The minimum atomic E-state index is -0.658. The van der Waals surface area contributed by atoms with E-state index in [1.807, 2.05) is 24.3 Å². The number of hydrogen-bond acceptors (Lipinski definition) is 6. The first-order valence-electron chi connectivity index (χ1n) is 13.5. The molecule has 0 saturated heterocycles. The predicted octanol–water partition coefficient (Wildman–Crippen LogP) is 5.37. The maximum Gasteiger partial charge on any atom is 0.407 e. The van der Waals surface area contributed by atoms with Gasteiger partial charge < -0.3 is 30.0 Å². The van der Waals surface area contributed by atoms with Crippen LogP contribution in [0.5, 0.6) is 11.5 Å². The smallest absolute Gasteiger partial charge is 0.407 e. The summed E-state index contributed by atoms with van der Waals surface area (Å²) in [4.78, 5) is 25.5. The van der Waals surface area contributed by atoms with E-state index in [9.17, 15) is 14.7 Å². The van der Waals surface area contributed by atoms with Crippen molar-refractivity contribution in [3.05, 3.63) is 59.7 Å². The van der Waals surface area contributed by atoms with E-state index in [-0.39, 0.29) is 30.1 Å². The van der Waals surface area contributed by atoms with Gasteiger partial charge in [-0.2, -0.15) is 0 Å². The van der Waals surface area contributed by atoms with Crippen LogP contribution in [-0.4, -0.2) is 54.6 Å². The molecule has 3 N–H and O–H groups in total. The summed E-state index contributed by atoms with van der Waals surface area (Å²) in [5, 5.41) is 15.9. The Hall–Kier alpha value is -3.26. The molecule has 208 valence electrons. The van der Waals surface area contributed by atoms with Crippen molar-refractivity contribution in [1.82, 2.24) is 10.6 Å². The largest absolute Gasteiger partial charge is 0.507 e. The van der Waals surface area contributed by atoms with Gasteiger partial charge in [-0.3, -0.25) is 4.79 Å². The molecule has 2 unspecified atom stereocenters. The van der Waals surface area contributed by atoms with E-state index in [4.69, 9.17) is 14.2 Å². The van der Waals surface area contributed by atoms with Crippen molar-refractivity contribution >= 4 is 12.0 Å². The Kier molecular flexibility index (Phi) is 10.8. The maximum atomic E-state index is 12.8. The van der Waals surface area contributed by atoms with Crippen molar-refractivity contribution in [3.63, 3.8) is 0 Å². The topological polar surface area (TPSA) is 106 Å². The number of aromatic hydroxyl groups is 1. The lowest BCUT2D eigenvalue weighted by molar-refractivity contribution is -0.0371. The van der Waals surface area contributed by atoms with E-state index in [0.717, 1.165) is 37.0 Å². The first-order chi connectivity index (χ1) is 18.1. The van der Waals surface area contributed by atoms with Crippen molar-refractivity contribution in [1.29, 1.82) is 0 Å². The lowest BCUT2D eigenvalue weighted by atomic mass is 9.96. The Morgan fingerprint density at radius 1 is 1.03 bits per heavy atom. The quantitative estimate of drug-likeness (QED) is 0.363. The second kappa shape index (κ2) is 14.0. The Balaban J connectivity index is 1.75. The highest BCUT2D eigenvalue weighted by atomic mass is 16.6. The van der Waals surface area contributed by atoms with E-state index in [1.165, 1.54) is 12.5 Å². The monoisotopic (exact) mass is 526 g/mol. The highest BCUT2D eigenvalue weighted by Gasteiger charge is 2.26. The highest BCUT2D eigenvalue weighted by Crippen LogP contribution is 2.25. The summed E-state index contributed by atoms with van der Waals surface area (Å²) < 4.78 is 17.4. The van der Waals surface area contributed by atoms with Gasteiger partial charge in [0, 0.05) is 6.54 Å². The van der Waals surface area contributed by atoms with Crippen LogP contribution in [0, 0.1) is 0 Å². The molecule has 2 aromatic carbocycles. The average molecular weight is 527 g/mol. The molecule has 8 heteroatoms. The summed E-state index contributed by atoms with van der Waals surface area (Å²) >= 11 is 0. The molecule has 0 aromatic heterocycles. The third-order valence-electron chi connectivity index (χ3n) is 6.49. The number of alkyl carbamates (subject to hydrolysis) is 1. The molecule has 0 radical (unpaired) electrons. The molecule has 8 nitrogen and oxygen atoms in total. The zero-order valence-electron chi connectivity index (χ0n) is 23.0. The molecule has 0 heterocycles. The van der Waals surface area contributed by atoms with Gasteiger partial charge in [0.2, 0.25) is 0 Å². The molecule has 0 spiro atoms. The number of methoxy groups -OCH3 is 1. The molecular formula is C30H42N2O6. The Labute approximate surface area is 226 Å². The average Bonchev–Trinajstić information content (AvgIpc) is 2.87. The number of amides is 2. The van der Waals surface area contributed by atoms with Crippen LogP contribution in [0.25, 0.3) is 0 Å². The standard InChI is InChI=1S/C30H42N2O6/c1-30(2,3)38-29(35)32-22(20-31-28(34)26-12-8-9-13-27(26)33)19-25(37-24-10-6-5-7-11-24)18-21-14-16-23(36-4)17-15-21/h8-9,12-17,22,24-25,33H,5-7,10-11,18-20H2,1-4H3,(H,31,34)(H,32,35). The van der Waals surface area contributed by atoms with Gasteiger partial charge in [0.1, 0.15) is 17.1 Å². The number of nitrogens with one attached hydrogen (secondary N) is 2. The summed E-state index contributed by atoms with van der Waals surface area (Å²) in [5.41, 5.74) is 0.618. The van der Waals surface area contributed by atoms with Gasteiger partial charge in [-0.1, -0.05) is 43.5 Å². The van der Waals surface area contributed by atoms with Crippen LogP contribution in [0.1, 0.15) is 75.2 Å². The fourth-order valence-electron chi connectivity index (χ4n) is 4.65. The fourth-order valence-corrected chi connectivity index (χ4v) is 4.65. The predicted molar refractivity (Wildman–Crippen MR) is 147 cm³/mol. The third-order valence-corrected chi connectivity index (χ3v) is 6.49. The van der Waals surface area contributed by atoms with E-state index < -0.39 is 23.6 Å². The number of carbonyl (C=O) groups is 2. The summed E-state index contributed by atoms with van der Waals surface area (Å²) in [5.74, 6) is 0.272. The van der Waals surface area contributed by atoms with Crippen LogP contribution >= 0.6 is 0 Å². The molecule has 2 atom stereocenters. The molecular weight excluding hydrogens is 484 g/mol. The molecule has 2 aromatic rings. The zero-order valence-corrected chi connectivity index (χ0v) is 23.0. The van der Waals surface area contributed by atoms with Crippen LogP contribution in [0.4, 0.5) is 4.79 Å². The number of rotatable bonds is 11. The summed E-state index contributed by atoms with van der Waals surface area (Å²) in [6.45, 7) is 5.57. The normalized spacial score (nSPS) is 15.8. The minimum Gasteiger partial charge on any atom is -0.507 e. The van der Waals surface area contributed by atoms with Gasteiger partial charge in [0.15, 0.2) is 0 Å². The van der Waals surface area contributed by atoms with E-state index in [1.54, 1.807) is 46.1 Å². The van der Waals surface area contributed by atoms with Gasteiger partial charge >= 0.3 is 6.09 Å². The summed E-state index contributed by atoms with van der Waals surface area (Å²) in [6, 6.07) is 13.8. The molecule has 3 rings (SSSR count). The number of benzene rings is 2. The molecule has 0 aliphatic heterocycles. The van der Waals surface area contributed by atoms with Crippen molar-refractivity contribution < 1.29 is 28.9 Å². The molecule has 0 bridgehead atoms. The van der Waals surface area contributed by atoms with Crippen LogP contribution in [0.3, 0.4) is 0 Å². The first kappa shape index (κ1) is 29.3. The molecule has 38 heavy (non-hydrogen) atoms. The number of phenolic OH excluding ortho intramolecular Hbond substituents is 1. The number of phenols is 1. The zero-order chi connectivity index (χ0) is 27.5. The van der Waals surface area contributed by atoms with E-state index in [0.29, 0.717) is 12.8 Å². The minimum absolute atomic E-state index is 0.0975. The summed E-state index contributed by atoms with van der Waals surface area (Å²) in [7, 11) is 1.64. The Bertz CT molecular complexity index is 1030. The number of ether oxygens (including phenoxy) is 3. The lowest BCUT2D eigenvalue weighted by Gasteiger charge is -2.31. The number of hydrogen-bond donors (Lipinski definition) is 3. The van der Waals surface area contributed by atoms with Gasteiger partial charge in [0.25, 0.3) is 5.91 Å². The highest BCUT2D eigenvalue weighted by molar-refractivity contribution is 5.96. The van der Waals surface area contributed by atoms with Gasteiger partial charge in [-0.05, 0) is 76.3 Å². The number of carbonyl (C=O) groups excluding carboxylic acids is 2. The third kappa shape index (κ3) is 9.89. The molecule has 1 fully saturated rings. The lowest BCUT2D eigenvalue weighted by Crippen LogP contribution is -2.47. The van der Waals surface area contributed by atoms with Gasteiger partial charge in [0.05, 0.1) is 30.9 Å². The SMILES string of the molecule is COc1ccc(CC(CC(CNC(=O)c2ccccc2O)NC(=O)OC(C)(C)C)OC2CCCCC2)cc1. The van der Waals surface area contributed by atoms with E-state index >= 15 is 0 Å². The summed E-state index contributed by atoms with van der Waals surface area (Å²) in [6.07, 6.45) is 6.12. The second-order valence-electron chi connectivity index (χ2n) is 10.9. The first-order valence-corrected chi connectivity index (χ1v) is 13.5. The second-order valence-corrected chi connectivity index (χ2v) is 10.9. The molecule has 1 saturated carbocycles. The van der Waals surface area contributed by atoms with Crippen LogP contribution in [0.15, 0.2) is 48.5 Å². The van der Waals surface area contributed by atoms with Crippen LogP contribution in [0.2, 0.25) is 0 Å². The Morgan fingerprint density at radius 2 is 1.71 bits per heavy atom. The molecule has 2 amide bonds.